The SMILES string of the molecule is CN1CCN(c2c(N(C)Cc3ccc(-c4noc(C(F)(F)F)n4)cc3)c(=O)c2=O)CC1. The molecule has 0 saturated carbocycles. The molecule has 0 unspecified atom stereocenters. The van der Waals surface area contributed by atoms with Gasteiger partial charge in [-0.2, -0.15) is 18.2 Å². The van der Waals surface area contributed by atoms with Gasteiger partial charge in [-0.3, -0.25) is 9.59 Å². The lowest BCUT2D eigenvalue weighted by Gasteiger charge is -2.36. The first-order valence-corrected chi connectivity index (χ1v) is 9.63. The number of hydrogen-bond donors (Lipinski definition) is 0. The van der Waals surface area contributed by atoms with Crippen LogP contribution in [0.15, 0.2) is 38.4 Å². The highest BCUT2D eigenvalue weighted by molar-refractivity contribution is 5.76. The normalized spacial score (nSPS) is 15.6. The molecule has 1 fully saturated rings. The average Bonchev–Trinajstić information content (AvgIpc) is 3.23. The van der Waals surface area contributed by atoms with Gasteiger partial charge in [0.05, 0.1) is 0 Å². The number of alkyl halides is 3. The minimum atomic E-state index is -4.70. The monoisotopic (exact) mass is 435 g/mol. The van der Waals surface area contributed by atoms with E-state index in [4.69, 9.17) is 0 Å². The summed E-state index contributed by atoms with van der Waals surface area (Å²) in [7, 11) is 3.74. The third-order valence-corrected chi connectivity index (χ3v) is 5.36. The summed E-state index contributed by atoms with van der Waals surface area (Å²) in [4.78, 5) is 33.6. The third kappa shape index (κ3) is 4.05. The zero-order chi connectivity index (χ0) is 22.3. The molecule has 2 aromatic carbocycles. The van der Waals surface area contributed by atoms with Crippen LogP contribution in [0.4, 0.5) is 24.5 Å². The molecule has 2 heterocycles. The molecule has 4 rings (SSSR count). The summed E-state index contributed by atoms with van der Waals surface area (Å²) >= 11 is 0. The topological polar surface area (TPSA) is 82.8 Å². The van der Waals surface area contributed by atoms with Crippen LogP contribution in [0.25, 0.3) is 11.4 Å². The number of nitrogens with zero attached hydrogens (tertiary/aromatic N) is 5. The Bertz CT molecular complexity index is 1140. The average molecular weight is 435 g/mol. The standard InChI is InChI=1S/C20H20F3N5O3/c1-26-7-9-28(10-8-26)15-14(16(29)17(15)30)27(2)11-12-3-5-13(6-4-12)18-24-19(31-25-18)20(21,22)23/h3-6H,7-11H2,1-2H3. The maximum atomic E-state index is 12.6. The molecule has 0 atom stereocenters. The van der Waals surface area contributed by atoms with E-state index < -0.39 is 22.9 Å². The highest BCUT2D eigenvalue weighted by atomic mass is 19.4. The van der Waals surface area contributed by atoms with Crippen molar-refractivity contribution in [3.8, 4) is 11.4 Å². The van der Waals surface area contributed by atoms with E-state index >= 15 is 0 Å². The first-order chi connectivity index (χ1) is 14.6. The molecular weight excluding hydrogens is 415 g/mol. The van der Waals surface area contributed by atoms with E-state index in [9.17, 15) is 22.8 Å². The van der Waals surface area contributed by atoms with Gasteiger partial charge in [0.1, 0.15) is 11.4 Å². The Labute approximate surface area is 175 Å². The summed E-state index contributed by atoms with van der Waals surface area (Å²) in [5, 5.41) is 3.36. The van der Waals surface area contributed by atoms with Crippen molar-refractivity contribution in [2.75, 3.05) is 50.1 Å². The van der Waals surface area contributed by atoms with Gasteiger partial charge < -0.3 is 19.2 Å². The van der Waals surface area contributed by atoms with Crippen molar-refractivity contribution < 1.29 is 17.7 Å². The van der Waals surface area contributed by atoms with Gasteiger partial charge in [-0.15, -0.1) is 0 Å². The van der Waals surface area contributed by atoms with Crippen LogP contribution < -0.4 is 20.7 Å². The van der Waals surface area contributed by atoms with Crippen LogP contribution in [0.1, 0.15) is 11.5 Å². The van der Waals surface area contributed by atoms with E-state index in [1.54, 1.807) is 36.2 Å². The Morgan fingerprint density at radius 2 is 1.71 bits per heavy atom. The molecule has 0 N–H and O–H groups in total. The molecule has 11 heteroatoms. The highest BCUT2D eigenvalue weighted by Crippen LogP contribution is 2.30. The lowest BCUT2D eigenvalue weighted by molar-refractivity contribution is -0.159. The predicted molar refractivity (Wildman–Crippen MR) is 108 cm³/mol. The molecule has 1 aromatic heterocycles. The second kappa shape index (κ2) is 7.80. The van der Waals surface area contributed by atoms with Gasteiger partial charge >= 0.3 is 12.1 Å². The van der Waals surface area contributed by atoms with Crippen molar-refractivity contribution in [3.05, 3.63) is 56.2 Å². The molecule has 8 nitrogen and oxygen atoms in total. The summed E-state index contributed by atoms with van der Waals surface area (Å²) in [6, 6.07) is 6.57. The molecular formula is C20H20F3N5O3. The van der Waals surface area contributed by atoms with Gasteiger partial charge in [-0.1, -0.05) is 29.4 Å². The number of anilines is 2. The van der Waals surface area contributed by atoms with E-state index in [2.05, 4.69) is 19.6 Å². The Hall–Kier alpha value is -3.21. The number of benzene rings is 1. The molecule has 3 aromatic rings. The van der Waals surface area contributed by atoms with E-state index in [0.29, 0.717) is 36.6 Å². The van der Waals surface area contributed by atoms with Gasteiger partial charge in [-0.25, -0.2) is 0 Å². The fourth-order valence-corrected chi connectivity index (χ4v) is 3.61. The molecule has 0 bridgehead atoms. The number of aromatic nitrogens is 2. The highest BCUT2D eigenvalue weighted by Gasteiger charge is 2.38. The van der Waals surface area contributed by atoms with Crippen LogP contribution in [-0.2, 0) is 12.7 Å². The van der Waals surface area contributed by atoms with Crippen LogP contribution in [0, 0.1) is 0 Å². The Balaban J connectivity index is 1.48. The van der Waals surface area contributed by atoms with E-state index in [1.165, 1.54) is 0 Å². The Kier molecular flexibility index (Phi) is 5.29. The van der Waals surface area contributed by atoms with Crippen molar-refractivity contribution in [3.63, 3.8) is 0 Å². The van der Waals surface area contributed by atoms with Gasteiger partial charge in [0.25, 0.3) is 10.9 Å². The smallest absolute Gasteiger partial charge is 0.365 e. The summed E-state index contributed by atoms with van der Waals surface area (Å²) in [5.41, 5.74) is 1.08. The number of piperazine rings is 1. The minimum Gasteiger partial charge on any atom is -0.365 e. The fourth-order valence-electron chi connectivity index (χ4n) is 3.61. The molecule has 1 aliphatic heterocycles. The maximum absolute atomic E-state index is 12.6. The summed E-state index contributed by atoms with van der Waals surface area (Å²) in [6.07, 6.45) is -4.70. The van der Waals surface area contributed by atoms with Gasteiger partial charge in [0.2, 0.25) is 5.82 Å². The maximum Gasteiger partial charge on any atom is 0.471 e. The van der Waals surface area contributed by atoms with Gasteiger partial charge in [0.15, 0.2) is 0 Å². The van der Waals surface area contributed by atoms with Crippen LogP contribution in [0.5, 0.6) is 0 Å². The van der Waals surface area contributed by atoms with Crippen LogP contribution in [-0.4, -0.2) is 55.3 Å². The molecule has 0 aliphatic carbocycles. The Morgan fingerprint density at radius 1 is 1.06 bits per heavy atom. The predicted octanol–water partition coefficient (Wildman–Crippen LogP) is 1.74. The first kappa shape index (κ1) is 21.0. The van der Waals surface area contributed by atoms with Crippen molar-refractivity contribution in [2.45, 2.75) is 12.7 Å². The minimum absolute atomic E-state index is 0.160. The van der Waals surface area contributed by atoms with E-state index in [1.807, 2.05) is 11.9 Å². The molecule has 1 aliphatic rings. The first-order valence-electron chi connectivity index (χ1n) is 9.63. The molecule has 1 saturated heterocycles. The molecule has 0 radical (unpaired) electrons. The molecule has 0 amide bonds. The zero-order valence-electron chi connectivity index (χ0n) is 16.9. The molecule has 164 valence electrons. The van der Waals surface area contributed by atoms with Crippen molar-refractivity contribution in [1.82, 2.24) is 15.0 Å². The van der Waals surface area contributed by atoms with Gasteiger partial charge in [-0.05, 0) is 12.6 Å². The van der Waals surface area contributed by atoms with Crippen molar-refractivity contribution in [2.24, 2.45) is 0 Å². The largest absolute Gasteiger partial charge is 0.471 e. The van der Waals surface area contributed by atoms with Crippen LogP contribution >= 0.6 is 0 Å². The Morgan fingerprint density at radius 3 is 2.29 bits per heavy atom. The summed E-state index contributed by atoms with van der Waals surface area (Å²) in [5.74, 6) is -1.56. The molecule has 0 spiro atoms. The van der Waals surface area contributed by atoms with Crippen LogP contribution in [0.3, 0.4) is 0 Å². The second-order valence-electron chi connectivity index (χ2n) is 7.62. The van der Waals surface area contributed by atoms with E-state index in [0.717, 1.165) is 18.7 Å². The number of hydrogen-bond acceptors (Lipinski definition) is 8. The number of likely N-dealkylation sites (N-methyl/N-ethyl adjacent to an activating group) is 1. The second-order valence-corrected chi connectivity index (χ2v) is 7.62. The third-order valence-electron chi connectivity index (χ3n) is 5.36. The van der Waals surface area contributed by atoms with Crippen molar-refractivity contribution >= 4 is 11.4 Å². The van der Waals surface area contributed by atoms with Gasteiger partial charge in [0, 0.05) is 45.3 Å². The lowest BCUT2D eigenvalue weighted by atomic mass is 10.1. The summed E-state index contributed by atoms with van der Waals surface area (Å²) in [6.45, 7) is 3.35. The fraction of sp³-hybridized carbons (Fsp3) is 0.400. The van der Waals surface area contributed by atoms with Crippen LogP contribution in [0.2, 0.25) is 0 Å². The molecule has 31 heavy (non-hydrogen) atoms. The zero-order valence-corrected chi connectivity index (χ0v) is 16.9. The number of halogens is 3. The lowest BCUT2D eigenvalue weighted by Crippen LogP contribution is -2.51. The number of rotatable bonds is 5. The summed E-state index contributed by atoms with van der Waals surface area (Å²) < 4.78 is 42.1. The van der Waals surface area contributed by atoms with Crippen molar-refractivity contribution in [1.29, 1.82) is 0 Å². The van der Waals surface area contributed by atoms with E-state index in [-0.39, 0.29) is 5.82 Å². The quantitative estimate of drug-likeness (QED) is 0.561.